The Bertz CT molecular complexity index is 249. The molecule has 0 aliphatic carbocycles. The van der Waals surface area contributed by atoms with Crippen molar-refractivity contribution in [3.05, 3.63) is 0 Å². The van der Waals surface area contributed by atoms with Crippen LogP contribution in [0.3, 0.4) is 0 Å². The second kappa shape index (κ2) is 11.4. The van der Waals surface area contributed by atoms with Gasteiger partial charge in [0.2, 0.25) is 0 Å². The Morgan fingerprint density at radius 2 is 2.14 bits per heavy atom. The van der Waals surface area contributed by atoms with Gasteiger partial charge in [-0.2, -0.15) is 0 Å². The van der Waals surface area contributed by atoms with Gasteiger partial charge in [-0.1, -0.05) is 33.6 Å². The van der Waals surface area contributed by atoms with Crippen molar-refractivity contribution in [1.29, 1.82) is 0 Å². The van der Waals surface area contributed by atoms with Crippen LogP contribution in [0, 0.1) is 5.92 Å². The van der Waals surface area contributed by atoms with E-state index in [4.69, 9.17) is 4.74 Å². The number of aliphatic hydroxyl groups excluding tert-OH is 1. The van der Waals surface area contributed by atoms with Crippen molar-refractivity contribution < 1.29 is 9.84 Å². The molecule has 0 aromatic rings. The summed E-state index contributed by atoms with van der Waals surface area (Å²) in [6.07, 6.45) is 5.68. The lowest BCUT2D eigenvalue weighted by Gasteiger charge is -2.37. The molecule has 0 bridgehead atoms. The van der Waals surface area contributed by atoms with Crippen molar-refractivity contribution in [2.75, 3.05) is 39.4 Å². The van der Waals surface area contributed by atoms with Crippen molar-refractivity contribution in [1.82, 2.24) is 10.2 Å². The van der Waals surface area contributed by atoms with E-state index in [9.17, 15) is 5.11 Å². The molecule has 4 heteroatoms. The first kappa shape index (κ1) is 18.9. The second-order valence-corrected chi connectivity index (χ2v) is 6.78. The van der Waals surface area contributed by atoms with Gasteiger partial charge in [0.05, 0.1) is 12.7 Å². The van der Waals surface area contributed by atoms with Gasteiger partial charge in [0, 0.05) is 25.7 Å². The predicted octanol–water partition coefficient (Wildman–Crippen LogP) is 2.26. The minimum absolute atomic E-state index is 0.354. The maximum absolute atomic E-state index is 10.1. The van der Waals surface area contributed by atoms with Gasteiger partial charge in [-0.15, -0.1) is 0 Å². The number of β-amino-alcohol motifs (C(OH)–C–C–N with tert-alkyl or cyclic N) is 1. The standard InChI is InChI=1S/C17H36N2O2/c1-4-5-10-21-14-17(20)13-19-9-7-6-8-16(19)12-18-11-15(2)3/h15-18,20H,4-14H2,1-3H3. The molecule has 2 N–H and O–H groups in total. The second-order valence-electron chi connectivity index (χ2n) is 6.78. The SMILES string of the molecule is CCCCOCC(O)CN1CCCCC1CNCC(C)C. The Hall–Kier alpha value is -0.160. The smallest absolute Gasteiger partial charge is 0.0900 e. The lowest BCUT2D eigenvalue weighted by molar-refractivity contribution is 0.00156. The van der Waals surface area contributed by atoms with E-state index in [0.717, 1.165) is 45.6 Å². The van der Waals surface area contributed by atoms with Gasteiger partial charge >= 0.3 is 0 Å². The zero-order valence-corrected chi connectivity index (χ0v) is 14.3. The lowest BCUT2D eigenvalue weighted by Crippen LogP contribution is -2.49. The normalized spacial score (nSPS) is 21.9. The van der Waals surface area contributed by atoms with Crippen LogP contribution < -0.4 is 5.32 Å². The number of likely N-dealkylation sites (tertiary alicyclic amines) is 1. The molecule has 0 radical (unpaired) electrons. The van der Waals surface area contributed by atoms with E-state index in [1.807, 2.05) is 0 Å². The van der Waals surface area contributed by atoms with Crippen molar-refractivity contribution in [2.24, 2.45) is 5.92 Å². The summed E-state index contributed by atoms with van der Waals surface area (Å²) < 4.78 is 5.53. The van der Waals surface area contributed by atoms with Crippen LogP contribution in [0.4, 0.5) is 0 Å². The summed E-state index contributed by atoms with van der Waals surface area (Å²) in [5.74, 6) is 0.694. The highest BCUT2D eigenvalue weighted by Crippen LogP contribution is 2.17. The van der Waals surface area contributed by atoms with Crippen molar-refractivity contribution in [3.63, 3.8) is 0 Å². The molecule has 4 nitrogen and oxygen atoms in total. The predicted molar refractivity (Wildman–Crippen MR) is 88.7 cm³/mol. The molecule has 0 aromatic heterocycles. The van der Waals surface area contributed by atoms with Crippen LogP contribution in [0.2, 0.25) is 0 Å². The summed E-state index contributed by atoms with van der Waals surface area (Å²) >= 11 is 0. The van der Waals surface area contributed by atoms with E-state index in [0.29, 0.717) is 18.6 Å². The van der Waals surface area contributed by atoms with E-state index in [1.54, 1.807) is 0 Å². The first-order chi connectivity index (χ1) is 10.1. The summed E-state index contributed by atoms with van der Waals surface area (Å²) in [5, 5.41) is 13.7. The van der Waals surface area contributed by atoms with E-state index in [-0.39, 0.29) is 6.10 Å². The largest absolute Gasteiger partial charge is 0.389 e. The van der Waals surface area contributed by atoms with Gasteiger partial charge in [0.15, 0.2) is 0 Å². The Morgan fingerprint density at radius 1 is 1.33 bits per heavy atom. The van der Waals surface area contributed by atoms with E-state index < -0.39 is 0 Å². The highest BCUT2D eigenvalue weighted by molar-refractivity contribution is 4.80. The van der Waals surface area contributed by atoms with Crippen LogP contribution in [0.25, 0.3) is 0 Å². The quantitative estimate of drug-likeness (QED) is 0.575. The summed E-state index contributed by atoms with van der Waals surface area (Å²) in [7, 11) is 0. The van der Waals surface area contributed by atoms with Gasteiger partial charge in [0.25, 0.3) is 0 Å². The zero-order chi connectivity index (χ0) is 15.5. The van der Waals surface area contributed by atoms with Gasteiger partial charge in [-0.05, 0) is 38.3 Å². The van der Waals surface area contributed by atoms with Crippen molar-refractivity contribution >= 4 is 0 Å². The lowest BCUT2D eigenvalue weighted by atomic mass is 10.0. The fraction of sp³-hybridized carbons (Fsp3) is 1.00. The number of nitrogens with zero attached hydrogens (tertiary/aromatic N) is 1. The van der Waals surface area contributed by atoms with Crippen molar-refractivity contribution in [2.45, 2.75) is 65.0 Å². The molecule has 21 heavy (non-hydrogen) atoms. The molecule has 2 atom stereocenters. The minimum atomic E-state index is -0.354. The number of hydrogen-bond donors (Lipinski definition) is 2. The molecule has 0 spiro atoms. The highest BCUT2D eigenvalue weighted by atomic mass is 16.5. The zero-order valence-electron chi connectivity index (χ0n) is 14.3. The van der Waals surface area contributed by atoms with E-state index in [1.165, 1.54) is 19.3 Å². The summed E-state index contributed by atoms with van der Waals surface area (Å²) in [5.41, 5.74) is 0. The minimum Gasteiger partial charge on any atom is -0.389 e. The molecular formula is C17H36N2O2. The maximum Gasteiger partial charge on any atom is 0.0900 e. The fourth-order valence-corrected chi connectivity index (χ4v) is 2.86. The third-order valence-electron chi connectivity index (χ3n) is 4.08. The Kier molecular flexibility index (Phi) is 10.3. The van der Waals surface area contributed by atoms with Crippen LogP contribution >= 0.6 is 0 Å². The summed E-state index contributed by atoms with van der Waals surface area (Å²) in [6.45, 7) is 11.9. The molecule has 0 aromatic carbocycles. The van der Waals surface area contributed by atoms with Gasteiger partial charge in [-0.25, -0.2) is 0 Å². The third kappa shape index (κ3) is 8.77. The van der Waals surface area contributed by atoms with Crippen LogP contribution in [0.5, 0.6) is 0 Å². The molecule has 1 aliphatic heterocycles. The number of rotatable bonds is 11. The fourth-order valence-electron chi connectivity index (χ4n) is 2.86. The number of aliphatic hydroxyl groups is 1. The van der Waals surface area contributed by atoms with Gasteiger partial charge in [-0.3, -0.25) is 4.90 Å². The molecule has 1 fully saturated rings. The topological polar surface area (TPSA) is 44.7 Å². The molecule has 1 rings (SSSR count). The number of hydrogen-bond acceptors (Lipinski definition) is 4. The number of piperidine rings is 1. The molecule has 2 unspecified atom stereocenters. The molecule has 1 saturated heterocycles. The van der Waals surface area contributed by atoms with Gasteiger partial charge in [0.1, 0.15) is 0 Å². The van der Waals surface area contributed by atoms with Crippen LogP contribution in [-0.2, 0) is 4.74 Å². The maximum atomic E-state index is 10.1. The van der Waals surface area contributed by atoms with Crippen LogP contribution in [-0.4, -0.2) is 61.5 Å². The van der Waals surface area contributed by atoms with Gasteiger partial charge < -0.3 is 15.2 Å². The Balaban J connectivity index is 2.24. The summed E-state index contributed by atoms with van der Waals surface area (Å²) in [6, 6.07) is 0.572. The van der Waals surface area contributed by atoms with Crippen LogP contribution in [0.15, 0.2) is 0 Å². The van der Waals surface area contributed by atoms with E-state index >= 15 is 0 Å². The number of unbranched alkanes of at least 4 members (excludes halogenated alkanes) is 1. The van der Waals surface area contributed by atoms with E-state index in [2.05, 4.69) is 31.0 Å². The Morgan fingerprint density at radius 3 is 2.86 bits per heavy atom. The van der Waals surface area contributed by atoms with Crippen molar-refractivity contribution in [3.8, 4) is 0 Å². The molecular weight excluding hydrogens is 264 g/mol. The average Bonchev–Trinajstić information content (AvgIpc) is 2.45. The Labute approximate surface area is 131 Å². The van der Waals surface area contributed by atoms with Crippen LogP contribution in [0.1, 0.15) is 52.9 Å². The first-order valence-electron chi connectivity index (χ1n) is 8.84. The molecule has 0 amide bonds. The monoisotopic (exact) mass is 300 g/mol. The third-order valence-corrected chi connectivity index (χ3v) is 4.08. The molecule has 0 saturated carbocycles. The number of ether oxygens (including phenoxy) is 1. The average molecular weight is 300 g/mol. The first-order valence-corrected chi connectivity index (χ1v) is 8.84. The molecule has 1 heterocycles. The summed E-state index contributed by atoms with van der Waals surface area (Å²) in [4.78, 5) is 2.45. The molecule has 126 valence electrons. The highest BCUT2D eigenvalue weighted by Gasteiger charge is 2.24. The number of nitrogens with one attached hydrogen (secondary N) is 1. The molecule has 1 aliphatic rings.